The number of ether oxygens (including phenoxy) is 3. The number of amides is 2. The number of esters is 1. The van der Waals surface area contributed by atoms with Crippen LogP contribution in [0.2, 0.25) is 5.02 Å². The maximum Gasteiger partial charge on any atom is 0.343 e. The second kappa shape index (κ2) is 12.9. The van der Waals surface area contributed by atoms with E-state index in [4.69, 9.17) is 25.8 Å². The van der Waals surface area contributed by atoms with Crippen LogP contribution in [0.15, 0.2) is 71.8 Å². The zero-order valence-corrected chi connectivity index (χ0v) is 20.4. The van der Waals surface area contributed by atoms with Gasteiger partial charge in [0.2, 0.25) is 0 Å². The van der Waals surface area contributed by atoms with E-state index in [0.717, 1.165) is 6.42 Å². The van der Waals surface area contributed by atoms with Gasteiger partial charge in [-0.1, -0.05) is 18.5 Å². The van der Waals surface area contributed by atoms with Gasteiger partial charge in [0, 0.05) is 10.7 Å². The molecule has 0 aliphatic carbocycles. The van der Waals surface area contributed by atoms with Crippen LogP contribution in [0.3, 0.4) is 0 Å². The summed E-state index contributed by atoms with van der Waals surface area (Å²) in [5.74, 6) is -1.25. The summed E-state index contributed by atoms with van der Waals surface area (Å²) in [5.41, 5.74) is 3.44. The van der Waals surface area contributed by atoms with Crippen LogP contribution in [0.1, 0.15) is 29.3 Å². The minimum Gasteiger partial charge on any atom is -0.494 e. The summed E-state index contributed by atoms with van der Waals surface area (Å²) < 4.78 is 16.3. The fraction of sp³-hybridized carbons (Fsp3) is 0.154. The first-order valence-corrected chi connectivity index (χ1v) is 11.3. The number of carbonyl (C=O) groups is 3. The Hall–Kier alpha value is -4.37. The van der Waals surface area contributed by atoms with Crippen molar-refractivity contribution in [2.45, 2.75) is 13.3 Å². The third kappa shape index (κ3) is 7.57. The summed E-state index contributed by atoms with van der Waals surface area (Å²) >= 11 is 5.79. The molecule has 186 valence electrons. The molecule has 0 radical (unpaired) electrons. The third-order valence-electron chi connectivity index (χ3n) is 4.64. The maximum absolute atomic E-state index is 12.5. The monoisotopic (exact) mass is 509 g/mol. The molecule has 0 spiro atoms. The van der Waals surface area contributed by atoms with E-state index in [0.29, 0.717) is 34.2 Å². The van der Waals surface area contributed by atoms with Gasteiger partial charge < -0.3 is 19.5 Å². The van der Waals surface area contributed by atoms with Gasteiger partial charge in [0.25, 0.3) is 0 Å². The van der Waals surface area contributed by atoms with Gasteiger partial charge in [-0.05, 0) is 78.7 Å². The van der Waals surface area contributed by atoms with Gasteiger partial charge in [0.15, 0.2) is 11.5 Å². The predicted molar refractivity (Wildman–Crippen MR) is 136 cm³/mol. The summed E-state index contributed by atoms with van der Waals surface area (Å²) in [5, 5.41) is 6.71. The number of anilines is 1. The van der Waals surface area contributed by atoms with Crippen molar-refractivity contribution in [3.63, 3.8) is 0 Å². The Morgan fingerprint density at radius 2 is 1.67 bits per heavy atom. The molecule has 9 nitrogen and oxygen atoms in total. The van der Waals surface area contributed by atoms with Crippen LogP contribution in [0, 0.1) is 0 Å². The first kappa shape index (κ1) is 26.2. The number of benzene rings is 3. The Labute approximate surface area is 213 Å². The summed E-state index contributed by atoms with van der Waals surface area (Å²) in [6.07, 6.45) is 2.20. The lowest BCUT2D eigenvalue weighted by molar-refractivity contribution is -0.136. The Balaban J connectivity index is 1.57. The molecule has 0 aliphatic heterocycles. The fourth-order valence-electron chi connectivity index (χ4n) is 2.85. The van der Waals surface area contributed by atoms with Crippen LogP contribution in [0.25, 0.3) is 0 Å². The minimum atomic E-state index is -0.954. The molecular weight excluding hydrogens is 486 g/mol. The highest BCUT2D eigenvalue weighted by Gasteiger charge is 2.14. The van der Waals surface area contributed by atoms with Crippen LogP contribution < -0.4 is 25.0 Å². The number of hydrogen-bond donors (Lipinski definition) is 2. The number of halogens is 1. The van der Waals surface area contributed by atoms with Crippen LogP contribution in [-0.2, 0) is 9.59 Å². The number of hydrazone groups is 1. The molecule has 0 bridgehead atoms. The van der Waals surface area contributed by atoms with Crippen molar-refractivity contribution < 1.29 is 28.6 Å². The fourth-order valence-corrected chi connectivity index (χ4v) is 2.98. The lowest BCUT2D eigenvalue weighted by Gasteiger charge is -2.10. The first-order chi connectivity index (χ1) is 17.4. The number of nitrogens with one attached hydrogen (secondary N) is 2. The summed E-state index contributed by atoms with van der Waals surface area (Å²) in [6, 6.07) is 17.6. The Morgan fingerprint density at radius 3 is 2.33 bits per heavy atom. The standard InChI is InChI=1S/C26H24ClN3O6/c1-3-14-35-21-11-5-18(6-12-21)26(33)36-22-13-4-17(15-23(22)34-2)16-28-30-25(32)24(31)29-20-9-7-19(27)8-10-20/h4-13,15-16H,3,14H2,1-2H3,(H,29,31)(H,30,32). The number of nitrogens with zero attached hydrogens (tertiary/aromatic N) is 1. The van der Waals surface area contributed by atoms with E-state index in [1.165, 1.54) is 19.4 Å². The average Bonchev–Trinajstić information content (AvgIpc) is 2.89. The maximum atomic E-state index is 12.5. The molecule has 0 aromatic heterocycles. The largest absolute Gasteiger partial charge is 0.494 e. The SMILES string of the molecule is CCCOc1ccc(C(=O)Oc2ccc(C=NNC(=O)C(=O)Nc3ccc(Cl)cc3)cc2OC)cc1. The zero-order chi connectivity index (χ0) is 25.9. The first-order valence-electron chi connectivity index (χ1n) is 10.9. The molecule has 0 fully saturated rings. The topological polar surface area (TPSA) is 115 Å². The average molecular weight is 510 g/mol. The highest BCUT2D eigenvalue weighted by Crippen LogP contribution is 2.28. The quantitative estimate of drug-likeness (QED) is 0.145. The van der Waals surface area contributed by atoms with Gasteiger partial charge in [-0.15, -0.1) is 0 Å². The molecular formula is C26H24ClN3O6. The van der Waals surface area contributed by atoms with Crippen molar-refractivity contribution >= 4 is 41.3 Å². The summed E-state index contributed by atoms with van der Waals surface area (Å²) in [4.78, 5) is 36.4. The minimum absolute atomic E-state index is 0.206. The lowest BCUT2D eigenvalue weighted by Crippen LogP contribution is -2.32. The van der Waals surface area contributed by atoms with Crippen molar-refractivity contribution in [2.75, 3.05) is 19.0 Å². The summed E-state index contributed by atoms with van der Waals surface area (Å²) in [6.45, 7) is 2.60. The van der Waals surface area contributed by atoms with Crippen molar-refractivity contribution in [1.82, 2.24) is 5.43 Å². The summed E-state index contributed by atoms with van der Waals surface area (Å²) in [7, 11) is 1.43. The molecule has 0 saturated heterocycles. The molecule has 0 aliphatic rings. The molecule has 3 aromatic rings. The smallest absolute Gasteiger partial charge is 0.343 e. The van der Waals surface area contributed by atoms with Gasteiger partial charge in [-0.3, -0.25) is 9.59 Å². The van der Waals surface area contributed by atoms with Gasteiger partial charge in [-0.2, -0.15) is 5.10 Å². The normalized spacial score (nSPS) is 10.5. The molecule has 36 heavy (non-hydrogen) atoms. The molecule has 10 heteroatoms. The Bertz CT molecular complexity index is 1240. The van der Waals surface area contributed by atoms with Gasteiger partial charge >= 0.3 is 17.8 Å². The van der Waals surface area contributed by atoms with Crippen LogP contribution in [0.4, 0.5) is 5.69 Å². The molecule has 0 heterocycles. The van der Waals surface area contributed by atoms with Crippen LogP contribution in [-0.4, -0.2) is 37.7 Å². The molecule has 0 atom stereocenters. The molecule has 3 aromatic carbocycles. The molecule has 2 amide bonds. The zero-order valence-electron chi connectivity index (χ0n) is 19.6. The third-order valence-corrected chi connectivity index (χ3v) is 4.89. The predicted octanol–water partition coefficient (Wildman–Crippen LogP) is 4.45. The van der Waals surface area contributed by atoms with Gasteiger partial charge in [-0.25, -0.2) is 10.2 Å². The number of carbonyl (C=O) groups excluding carboxylic acids is 3. The van der Waals surface area contributed by atoms with E-state index in [-0.39, 0.29) is 11.5 Å². The molecule has 0 unspecified atom stereocenters. The molecule has 2 N–H and O–H groups in total. The van der Waals surface area contributed by atoms with E-state index in [2.05, 4.69) is 15.8 Å². The van der Waals surface area contributed by atoms with Gasteiger partial charge in [0.05, 0.1) is 25.5 Å². The van der Waals surface area contributed by atoms with Crippen molar-refractivity contribution in [2.24, 2.45) is 5.10 Å². The van der Waals surface area contributed by atoms with Crippen molar-refractivity contribution in [3.05, 3.63) is 82.9 Å². The molecule has 0 saturated carbocycles. The van der Waals surface area contributed by atoms with Gasteiger partial charge in [0.1, 0.15) is 5.75 Å². The highest BCUT2D eigenvalue weighted by molar-refractivity contribution is 6.39. The highest BCUT2D eigenvalue weighted by atomic mass is 35.5. The second-order valence-corrected chi connectivity index (χ2v) is 7.77. The molecule has 3 rings (SSSR count). The van der Waals surface area contributed by atoms with E-state index >= 15 is 0 Å². The van der Waals surface area contributed by atoms with E-state index < -0.39 is 17.8 Å². The van der Waals surface area contributed by atoms with E-state index in [1.54, 1.807) is 60.7 Å². The lowest BCUT2D eigenvalue weighted by atomic mass is 10.2. The van der Waals surface area contributed by atoms with E-state index in [9.17, 15) is 14.4 Å². The Kier molecular flexibility index (Phi) is 9.41. The van der Waals surface area contributed by atoms with Crippen LogP contribution in [0.5, 0.6) is 17.2 Å². The van der Waals surface area contributed by atoms with Crippen molar-refractivity contribution in [3.8, 4) is 17.2 Å². The Morgan fingerprint density at radius 1 is 0.944 bits per heavy atom. The van der Waals surface area contributed by atoms with Crippen LogP contribution >= 0.6 is 11.6 Å². The second-order valence-electron chi connectivity index (χ2n) is 7.33. The van der Waals surface area contributed by atoms with E-state index in [1.807, 2.05) is 6.92 Å². The number of rotatable bonds is 9. The number of methoxy groups -OCH3 is 1. The van der Waals surface area contributed by atoms with Crippen molar-refractivity contribution in [1.29, 1.82) is 0 Å². The number of hydrogen-bond acceptors (Lipinski definition) is 7.